The van der Waals surface area contributed by atoms with E-state index in [-0.39, 0.29) is 30.3 Å². The summed E-state index contributed by atoms with van der Waals surface area (Å²) in [4.78, 5) is 23.6. The molecule has 1 N–H and O–H groups in total. The third-order valence-electron chi connectivity index (χ3n) is 2.98. The van der Waals surface area contributed by atoms with E-state index >= 15 is 0 Å². The van der Waals surface area contributed by atoms with Crippen molar-refractivity contribution in [1.29, 1.82) is 0 Å². The van der Waals surface area contributed by atoms with Gasteiger partial charge < -0.3 is 10.1 Å². The van der Waals surface area contributed by atoms with Crippen molar-refractivity contribution >= 4 is 11.9 Å². The van der Waals surface area contributed by atoms with Crippen LogP contribution in [-0.2, 0) is 9.53 Å². The van der Waals surface area contributed by atoms with Gasteiger partial charge in [-0.1, -0.05) is 32.0 Å². The Morgan fingerprint density at radius 2 is 1.85 bits per heavy atom. The maximum atomic E-state index is 12.3. The molecule has 0 bridgehead atoms. The topological polar surface area (TPSA) is 55.4 Å². The molecule has 4 heteroatoms. The van der Waals surface area contributed by atoms with Crippen LogP contribution in [0, 0.1) is 0 Å². The largest absolute Gasteiger partial charge is 0.466 e. The maximum Gasteiger partial charge on any atom is 0.307 e. The highest BCUT2D eigenvalue weighted by molar-refractivity contribution is 5.96. The number of nitrogens with one attached hydrogen (secondary N) is 1. The highest BCUT2D eigenvalue weighted by Crippen LogP contribution is 2.19. The zero-order valence-corrected chi connectivity index (χ0v) is 12.6. The van der Waals surface area contributed by atoms with Crippen molar-refractivity contribution in [2.24, 2.45) is 0 Å². The predicted molar refractivity (Wildman–Crippen MR) is 78.7 cm³/mol. The van der Waals surface area contributed by atoms with Crippen LogP contribution in [0.15, 0.2) is 24.3 Å². The first kappa shape index (κ1) is 16.2. The van der Waals surface area contributed by atoms with Crippen LogP contribution in [0.25, 0.3) is 0 Å². The van der Waals surface area contributed by atoms with Crippen LogP contribution in [0.4, 0.5) is 0 Å². The Kier molecular flexibility index (Phi) is 6.22. The van der Waals surface area contributed by atoms with Gasteiger partial charge in [0, 0.05) is 11.6 Å². The van der Waals surface area contributed by atoms with Crippen LogP contribution in [0.5, 0.6) is 0 Å². The summed E-state index contributed by atoms with van der Waals surface area (Å²) in [6.07, 6.45) is 0.184. The van der Waals surface area contributed by atoms with E-state index in [0.717, 1.165) is 5.56 Å². The molecule has 4 nitrogen and oxygen atoms in total. The SMILES string of the molecule is CCOC(=O)CC(C)NC(=O)c1ccccc1C(C)C. The molecule has 1 rings (SSSR count). The van der Waals surface area contributed by atoms with Crippen molar-refractivity contribution in [3.05, 3.63) is 35.4 Å². The Hall–Kier alpha value is -1.84. The number of carbonyl (C=O) groups excluding carboxylic acids is 2. The van der Waals surface area contributed by atoms with Crippen molar-refractivity contribution in [2.75, 3.05) is 6.61 Å². The Labute approximate surface area is 120 Å². The molecule has 1 unspecified atom stereocenters. The number of carbonyl (C=O) groups is 2. The number of hydrogen-bond donors (Lipinski definition) is 1. The third kappa shape index (κ3) is 4.68. The average molecular weight is 277 g/mol. The average Bonchev–Trinajstić information content (AvgIpc) is 2.38. The molecule has 0 radical (unpaired) electrons. The van der Waals surface area contributed by atoms with Gasteiger partial charge in [0.25, 0.3) is 5.91 Å². The molecule has 0 aromatic heterocycles. The van der Waals surface area contributed by atoms with E-state index in [1.165, 1.54) is 0 Å². The fourth-order valence-corrected chi connectivity index (χ4v) is 2.03. The van der Waals surface area contributed by atoms with Crippen LogP contribution in [0.2, 0.25) is 0 Å². The quantitative estimate of drug-likeness (QED) is 0.813. The lowest BCUT2D eigenvalue weighted by Gasteiger charge is -2.16. The number of esters is 1. The first-order valence-electron chi connectivity index (χ1n) is 7.01. The molecular weight excluding hydrogens is 254 g/mol. The molecule has 20 heavy (non-hydrogen) atoms. The fraction of sp³-hybridized carbons (Fsp3) is 0.500. The van der Waals surface area contributed by atoms with E-state index in [0.29, 0.717) is 12.2 Å². The molecule has 0 saturated carbocycles. The van der Waals surface area contributed by atoms with Gasteiger partial charge in [-0.25, -0.2) is 0 Å². The molecule has 1 atom stereocenters. The van der Waals surface area contributed by atoms with E-state index in [1.807, 2.05) is 38.1 Å². The monoisotopic (exact) mass is 277 g/mol. The van der Waals surface area contributed by atoms with Crippen molar-refractivity contribution in [1.82, 2.24) is 5.32 Å². The third-order valence-corrected chi connectivity index (χ3v) is 2.98. The second-order valence-corrected chi connectivity index (χ2v) is 5.13. The minimum Gasteiger partial charge on any atom is -0.466 e. The van der Waals surface area contributed by atoms with Gasteiger partial charge in [-0.2, -0.15) is 0 Å². The van der Waals surface area contributed by atoms with E-state index < -0.39 is 0 Å². The molecule has 1 aromatic carbocycles. The zero-order chi connectivity index (χ0) is 15.1. The molecular formula is C16H23NO3. The number of benzene rings is 1. The van der Waals surface area contributed by atoms with E-state index in [1.54, 1.807) is 13.8 Å². The van der Waals surface area contributed by atoms with Gasteiger partial charge in [0.15, 0.2) is 0 Å². The van der Waals surface area contributed by atoms with Gasteiger partial charge in [-0.15, -0.1) is 0 Å². The molecule has 0 aliphatic heterocycles. The van der Waals surface area contributed by atoms with Gasteiger partial charge in [-0.05, 0) is 31.4 Å². The molecule has 0 saturated heterocycles. The van der Waals surface area contributed by atoms with Gasteiger partial charge in [0.1, 0.15) is 0 Å². The van der Waals surface area contributed by atoms with Crippen LogP contribution >= 0.6 is 0 Å². The fourth-order valence-electron chi connectivity index (χ4n) is 2.03. The van der Waals surface area contributed by atoms with Gasteiger partial charge in [0.05, 0.1) is 13.0 Å². The molecule has 0 aliphatic rings. The molecule has 1 aromatic rings. The van der Waals surface area contributed by atoms with Crippen molar-refractivity contribution in [2.45, 2.75) is 46.1 Å². The van der Waals surface area contributed by atoms with Crippen LogP contribution in [-0.4, -0.2) is 24.5 Å². The highest BCUT2D eigenvalue weighted by Gasteiger charge is 2.17. The molecule has 1 amide bonds. The second kappa shape index (κ2) is 7.68. The number of hydrogen-bond acceptors (Lipinski definition) is 3. The van der Waals surface area contributed by atoms with E-state index in [4.69, 9.17) is 4.74 Å². The van der Waals surface area contributed by atoms with Gasteiger partial charge in [-0.3, -0.25) is 9.59 Å². The minimum absolute atomic E-state index is 0.147. The summed E-state index contributed by atoms with van der Waals surface area (Å²) in [5.41, 5.74) is 1.67. The summed E-state index contributed by atoms with van der Waals surface area (Å²) in [6, 6.07) is 7.28. The Morgan fingerprint density at radius 1 is 1.20 bits per heavy atom. The first-order valence-corrected chi connectivity index (χ1v) is 7.01. The lowest BCUT2D eigenvalue weighted by atomic mass is 9.96. The van der Waals surface area contributed by atoms with Crippen molar-refractivity contribution in [3.8, 4) is 0 Å². The summed E-state index contributed by atoms with van der Waals surface area (Å²) >= 11 is 0. The van der Waals surface area contributed by atoms with Gasteiger partial charge in [0.2, 0.25) is 0 Å². The summed E-state index contributed by atoms with van der Waals surface area (Å²) < 4.78 is 4.87. The summed E-state index contributed by atoms with van der Waals surface area (Å²) in [7, 11) is 0. The van der Waals surface area contributed by atoms with E-state index in [2.05, 4.69) is 5.32 Å². The Balaban J connectivity index is 2.69. The standard InChI is InChI=1S/C16H23NO3/c1-5-20-15(18)10-12(4)17-16(19)14-9-7-6-8-13(14)11(2)3/h6-9,11-12H,5,10H2,1-4H3,(H,17,19). The molecule has 110 valence electrons. The molecule has 0 heterocycles. The smallest absolute Gasteiger partial charge is 0.307 e. The molecule has 0 aliphatic carbocycles. The molecule has 0 fully saturated rings. The summed E-state index contributed by atoms with van der Waals surface area (Å²) in [6.45, 7) is 8.02. The van der Waals surface area contributed by atoms with Crippen molar-refractivity contribution in [3.63, 3.8) is 0 Å². The minimum atomic E-state index is -0.294. The maximum absolute atomic E-state index is 12.3. The lowest BCUT2D eigenvalue weighted by Crippen LogP contribution is -2.35. The van der Waals surface area contributed by atoms with Crippen LogP contribution < -0.4 is 5.32 Å². The summed E-state index contributed by atoms with van der Waals surface area (Å²) in [5, 5.41) is 2.84. The first-order chi connectivity index (χ1) is 9.45. The molecule has 0 spiro atoms. The normalized spacial score (nSPS) is 12.1. The zero-order valence-electron chi connectivity index (χ0n) is 12.6. The lowest BCUT2D eigenvalue weighted by molar-refractivity contribution is -0.143. The number of amides is 1. The van der Waals surface area contributed by atoms with Crippen LogP contribution in [0.3, 0.4) is 0 Å². The van der Waals surface area contributed by atoms with Gasteiger partial charge >= 0.3 is 5.97 Å². The number of rotatable bonds is 6. The number of ether oxygens (including phenoxy) is 1. The van der Waals surface area contributed by atoms with Crippen LogP contribution in [0.1, 0.15) is 56.0 Å². The highest BCUT2D eigenvalue weighted by atomic mass is 16.5. The van der Waals surface area contributed by atoms with E-state index in [9.17, 15) is 9.59 Å². The van der Waals surface area contributed by atoms with Crippen molar-refractivity contribution < 1.29 is 14.3 Å². The Bertz CT molecular complexity index is 469. The summed E-state index contributed by atoms with van der Waals surface area (Å²) in [5.74, 6) is -0.166. The Morgan fingerprint density at radius 3 is 2.45 bits per heavy atom. The second-order valence-electron chi connectivity index (χ2n) is 5.13. The predicted octanol–water partition coefficient (Wildman–Crippen LogP) is 2.88.